The summed E-state index contributed by atoms with van der Waals surface area (Å²) in [5, 5.41) is 19.7. The van der Waals surface area contributed by atoms with E-state index in [0.29, 0.717) is 12.5 Å². The number of unbranched alkanes of at least 4 members (excludes halogenated alkanes) is 28. The summed E-state index contributed by atoms with van der Waals surface area (Å²) in [6.07, 6.45) is 43.8. The van der Waals surface area contributed by atoms with E-state index in [0.717, 1.165) is 24.0 Å². The number of carbonyl (C=O) groups excluding carboxylic acids is 1. The molecule has 0 saturated carbocycles. The van der Waals surface area contributed by atoms with Gasteiger partial charge in [-0.15, -0.1) is 0 Å². The fraction of sp³-hybridized carbons (Fsp3) is 0.745. The molecule has 0 aliphatic heterocycles. The number of esters is 1. The first-order valence-electron chi connectivity index (χ1n) is 23.8. The summed E-state index contributed by atoms with van der Waals surface area (Å²) in [6.45, 7) is 5.09. The molecular formula is C51H86O4. The van der Waals surface area contributed by atoms with Crippen LogP contribution in [0.25, 0.3) is 0 Å². The molecule has 0 fully saturated rings. The molecule has 0 heterocycles. The van der Waals surface area contributed by atoms with Crippen LogP contribution in [0, 0.1) is 5.92 Å². The van der Waals surface area contributed by atoms with Crippen molar-refractivity contribution in [2.24, 2.45) is 5.92 Å². The van der Waals surface area contributed by atoms with Crippen molar-refractivity contribution in [1.29, 1.82) is 0 Å². The molecule has 0 saturated heterocycles. The molecule has 0 amide bonds. The van der Waals surface area contributed by atoms with Gasteiger partial charge in [-0.25, -0.2) is 0 Å². The normalized spacial score (nSPS) is 12.1. The van der Waals surface area contributed by atoms with Gasteiger partial charge in [0.05, 0.1) is 13.0 Å². The molecule has 0 aliphatic rings. The van der Waals surface area contributed by atoms with Gasteiger partial charge in [-0.05, 0) is 54.2 Å². The minimum atomic E-state index is -0.196. The van der Waals surface area contributed by atoms with Gasteiger partial charge in [0, 0.05) is 5.92 Å². The number of hydrogen-bond donors (Lipinski definition) is 2. The van der Waals surface area contributed by atoms with Crippen molar-refractivity contribution in [1.82, 2.24) is 0 Å². The fourth-order valence-electron chi connectivity index (χ4n) is 8.20. The maximum Gasteiger partial charge on any atom is 0.306 e. The first-order chi connectivity index (χ1) is 27.0. The maximum absolute atomic E-state index is 13.3. The second-order valence-electron chi connectivity index (χ2n) is 17.0. The zero-order valence-corrected chi connectivity index (χ0v) is 36.0. The predicted octanol–water partition coefficient (Wildman–Crippen LogP) is 16.3. The van der Waals surface area contributed by atoms with Crippen LogP contribution in [0.3, 0.4) is 0 Å². The molecule has 2 N–H and O–H groups in total. The Morgan fingerprint density at radius 3 is 1.00 bits per heavy atom. The van der Waals surface area contributed by atoms with Crippen LogP contribution < -0.4 is 0 Å². The lowest BCUT2D eigenvalue weighted by Gasteiger charge is -2.20. The zero-order chi connectivity index (χ0) is 39.4. The van der Waals surface area contributed by atoms with Gasteiger partial charge in [0.25, 0.3) is 0 Å². The topological polar surface area (TPSA) is 66.8 Å². The van der Waals surface area contributed by atoms with Crippen molar-refractivity contribution >= 4 is 5.97 Å². The van der Waals surface area contributed by atoms with Crippen LogP contribution in [0.2, 0.25) is 0 Å². The lowest BCUT2D eigenvalue weighted by Crippen LogP contribution is -2.17. The molecule has 2 rings (SSSR count). The van der Waals surface area contributed by atoms with Crippen LogP contribution in [0.1, 0.15) is 243 Å². The Morgan fingerprint density at radius 1 is 0.436 bits per heavy atom. The number of carbonyl (C=O) groups is 1. The summed E-state index contributed by atoms with van der Waals surface area (Å²) in [4.78, 5) is 13.3. The number of benzene rings is 2. The summed E-state index contributed by atoms with van der Waals surface area (Å²) < 4.78 is 6.04. The summed E-state index contributed by atoms with van der Waals surface area (Å²) in [6, 6.07) is 14.1. The number of phenols is 2. The van der Waals surface area contributed by atoms with Gasteiger partial charge in [0.2, 0.25) is 0 Å². The average Bonchev–Trinajstić information content (AvgIpc) is 3.19. The molecule has 1 unspecified atom stereocenters. The molecular weight excluding hydrogens is 677 g/mol. The Morgan fingerprint density at radius 2 is 0.709 bits per heavy atom. The molecule has 314 valence electrons. The Balaban J connectivity index is 1.71. The monoisotopic (exact) mass is 763 g/mol. The molecule has 0 radical (unpaired) electrons. The van der Waals surface area contributed by atoms with Crippen molar-refractivity contribution in [2.75, 3.05) is 6.61 Å². The number of ether oxygens (including phenoxy) is 1. The Labute approximate surface area is 340 Å². The van der Waals surface area contributed by atoms with Gasteiger partial charge < -0.3 is 14.9 Å². The Bertz CT molecular complexity index is 1080. The molecule has 4 nitrogen and oxygen atoms in total. The standard InChI is InChI=1S/C51H86O4/c1-3-5-7-9-11-13-15-17-19-20-22-24-26-28-30-32-34-45(33-31-29-27-25-23-21-18-16-14-12-10-8-6-4-2)44-55-51(54)43-50(46-35-39-48(52)40-36-46)47-37-41-49(53)42-38-47/h35-42,45,50,52-53H,3-34,43-44H2,1-2H3. The summed E-state index contributed by atoms with van der Waals surface area (Å²) in [7, 11) is 0. The van der Waals surface area contributed by atoms with Gasteiger partial charge in [-0.2, -0.15) is 0 Å². The molecule has 55 heavy (non-hydrogen) atoms. The smallest absolute Gasteiger partial charge is 0.306 e. The molecule has 2 aromatic rings. The summed E-state index contributed by atoms with van der Waals surface area (Å²) in [5.41, 5.74) is 1.90. The van der Waals surface area contributed by atoms with Crippen molar-refractivity contribution in [2.45, 2.75) is 232 Å². The third-order valence-electron chi connectivity index (χ3n) is 11.9. The van der Waals surface area contributed by atoms with Crippen LogP contribution in [0.5, 0.6) is 11.5 Å². The van der Waals surface area contributed by atoms with E-state index in [1.807, 2.05) is 24.3 Å². The highest BCUT2D eigenvalue weighted by molar-refractivity contribution is 5.71. The summed E-state index contributed by atoms with van der Waals surface area (Å²) in [5.74, 6) is 0.462. The third kappa shape index (κ3) is 26.9. The van der Waals surface area contributed by atoms with E-state index in [1.54, 1.807) is 24.3 Å². The molecule has 2 aromatic carbocycles. The minimum Gasteiger partial charge on any atom is -0.508 e. The minimum absolute atomic E-state index is 0.177. The lowest BCUT2D eigenvalue weighted by molar-refractivity contribution is -0.145. The second kappa shape index (κ2) is 34.7. The molecule has 4 heteroatoms. The zero-order valence-electron chi connectivity index (χ0n) is 36.0. The first-order valence-corrected chi connectivity index (χ1v) is 23.8. The quantitative estimate of drug-likeness (QED) is 0.0528. The van der Waals surface area contributed by atoms with Crippen LogP contribution >= 0.6 is 0 Å². The van der Waals surface area contributed by atoms with E-state index in [1.165, 1.54) is 193 Å². The van der Waals surface area contributed by atoms with E-state index in [2.05, 4.69) is 13.8 Å². The highest BCUT2D eigenvalue weighted by atomic mass is 16.5. The SMILES string of the molecule is CCCCCCCCCCCCCCCCCCC(CCCCCCCCCCCCCCCC)COC(=O)CC(c1ccc(O)cc1)c1ccc(O)cc1. The molecule has 1 atom stereocenters. The lowest BCUT2D eigenvalue weighted by atomic mass is 9.88. The number of rotatable bonds is 38. The van der Waals surface area contributed by atoms with Crippen molar-refractivity contribution in [3.05, 3.63) is 59.7 Å². The number of phenolic OH excluding ortho intramolecular Hbond substituents is 2. The van der Waals surface area contributed by atoms with Gasteiger partial charge in [0.15, 0.2) is 0 Å². The molecule has 0 bridgehead atoms. The van der Waals surface area contributed by atoms with Gasteiger partial charge in [0.1, 0.15) is 11.5 Å². The predicted molar refractivity (Wildman–Crippen MR) is 236 cm³/mol. The van der Waals surface area contributed by atoms with E-state index < -0.39 is 0 Å². The van der Waals surface area contributed by atoms with E-state index >= 15 is 0 Å². The van der Waals surface area contributed by atoms with Crippen LogP contribution in [-0.4, -0.2) is 22.8 Å². The van der Waals surface area contributed by atoms with Gasteiger partial charge in [-0.3, -0.25) is 4.79 Å². The highest BCUT2D eigenvalue weighted by Crippen LogP contribution is 2.31. The first kappa shape index (κ1) is 48.7. The van der Waals surface area contributed by atoms with Crippen LogP contribution in [0.15, 0.2) is 48.5 Å². The third-order valence-corrected chi connectivity index (χ3v) is 11.9. The van der Waals surface area contributed by atoms with E-state index in [9.17, 15) is 15.0 Å². The number of aromatic hydroxyl groups is 2. The van der Waals surface area contributed by atoms with E-state index in [4.69, 9.17) is 4.74 Å². The van der Waals surface area contributed by atoms with Gasteiger partial charge in [-0.1, -0.05) is 231 Å². The largest absolute Gasteiger partial charge is 0.508 e. The van der Waals surface area contributed by atoms with Crippen molar-refractivity contribution in [3.8, 4) is 11.5 Å². The van der Waals surface area contributed by atoms with Crippen molar-refractivity contribution in [3.63, 3.8) is 0 Å². The number of hydrogen-bond acceptors (Lipinski definition) is 4. The van der Waals surface area contributed by atoms with E-state index in [-0.39, 0.29) is 29.8 Å². The van der Waals surface area contributed by atoms with Crippen LogP contribution in [-0.2, 0) is 9.53 Å². The molecule has 0 spiro atoms. The Hall–Kier alpha value is -2.49. The molecule has 0 aliphatic carbocycles. The Kier molecular flexibility index (Phi) is 30.7. The summed E-state index contributed by atoms with van der Waals surface area (Å²) >= 11 is 0. The van der Waals surface area contributed by atoms with Gasteiger partial charge >= 0.3 is 5.97 Å². The fourth-order valence-corrected chi connectivity index (χ4v) is 8.20. The molecule has 0 aromatic heterocycles. The average molecular weight is 763 g/mol. The highest BCUT2D eigenvalue weighted by Gasteiger charge is 2.21. The van der Waals surface area contributed by atoms with Crippen LogP contribution in [0.4, 0.5) is 0 Å². The maximum atomic E-state index is 13.3. The van der Waals surface area contributed by atoms with Crippen molar-refractivity contribution < 1.29 is 19.7 Å². The second-order valence-corrected chi connectivity index (χ2v) is 17.0.